The second-order valence-electron chi connectivity index (χ2n) is 6.00. The van der Waals surface area contributed by atoms with Crippen molar-refractivity contribution in [2.24, 2.45) is 0 Å². The van der Waals surface area contributed by atoms with Gasteiger partial charge in [0.1, 0.15) is 5.15 Å². The third-order valence-electron chi connectivity index (χ3n) is 4.26. The molecule has 3 heterocycles. The second kappa shape index (κ2) is 6.34. The first-order valence-electron chi connectivity index (χ1n) is 8.36. The molecule has 0 unspecified atom stereocenters. The zero-order valence-electron chi connectivity index (χ0n) is 14.0. The van der Waals surface area contributed by atoms with Crippen LogP contribution in [-0.2, 0) is 0 Å². The van der Waals surface area contributed by atoms with Crippen molar-refractivity contribution in [1.82, 2.24) is 24.6 Å². The highest BCUT2D eigenvalue weighted by atomic mass is 35.5. The summed E-state index contributed by atoms with van der Waals surface area (Å²) < 4.78 is 1.72. The third-order valence-corrected chi connectivity index (χ3v) is 4.56. The van der Waals surface area contributed by atoms with Crippen molar-refractivity contribution >= 4 is 39.7 Å². The van der Waals surface area contributed by atoms with E-state index >= 15 is 0 Å². The first-order valence-corrected chi connectivity index (χ1v) is 8.74. The van der Waals surface area contributed by atoms with Gasteiger partial charge in [-0.15, -0.1) is 5.10 Å². The molecule has 3 aromatic heterocycles. The molecule has 27 heavy (non-hydrogen) atoms. The van der Waals surface area contributed by atoms with Crippen molar-refractivity contribution in [2.45, 2.75) is 0 Å². The number of nitrogens with one attached hydrogen (secondary N) is 1. The van der Waals surface area contributed by atoms with Gasteiger partial charge in [-0.05, 0) is 29.7 Å². The number of hydrogen-bond acceptors (Lipinski definition) is 5. The number of fused-ring (bicyclic) bond motifs is 2. The van der Waals surface area contributed by atoms with Gasteiger partial charge in [0.15, 0.2) is 11.5 Å². The third kappa shape index (κ3) is 2.86. The van der Waals surface area contributed by atoms with Gasteiger partial charge in [-0.2, -0.15) is 9.50 Å². The van der Waals surface area contributed by atoms with Crippen LogP contribution < -0.4 is 5.32 Å². The van der Waals surface area contributed by atoms with E-state index < -0.39 is 0 Å². The molecule has 6 nitrogen and oxygen atoms in total. The minimum atomic E-state index is 0.464. The number of benzene rings is 2. The fourth-order valence-electron chi connectivity index (χ4n) is 2.99. The molecule has 0 fully saturated rings. The summed E-state index contributed by atoms with van der Waals surface area (Å²) in [7, 11) is 0. The number of aromatic nitrogens is 5. The van der Waals surface area contributed by atoms with Gasteiger partial charge < -0.3 is 5.32 Å². The molecule has 1 N–H and O–H groups in total. The zero-order chi connectivity index (χ0) is 18.2. The maximum absolute atomic E-state index is 6.25. The molecule has 0 amide bonds. The van der Waals surface area contributed by atoms with Gasteiger partial charge in [-0.1, -0.05) is 41.9 Å². The number of hydrogen-bond donors (Lipinski definition) is 1. The maximum Gasteiger partial charge on any atom is 0.247 e. The van der Waals surface area contributed by atoms with Crippen molar-refractivity contribution in [3.63, 3.8) is 0 Å². The lowest BCUT2D eigenvalue weighted by Crippen LogP contribution is -1.98. The highest BCUT2D eigenvalue weighted by Crippen LogP contribution is 2.27. The standard InChI is InChI=1S/C20H13ClN6/c21-18-16-12-14(7-6-13(16)8-10-22-18)19-23-11-9-17-25-20(26-27(17)19)24-15-4-2-1-3-5-15/h1-12H,(H,24,26). The van der Waals surface area contributed by atoms with Gasteiger partial charge in [-0.25, -0.2) is 9.97 Å². The number of anilines is 2. The fourth-order valence-corrected chi connectivity index (χ4v) is 3.21. The van der Waals surface area contributed by atoms with Gasteiger partial charge in [0, 0.05) is 35.1 Å². The summed E-state index contributed by atoms with van der Waals surface area (Å²) in [6, 6.07) is 19.5. The number of para-hydroxylation sites is 1. The van der Waals surface area contributed by atoms with Gasteiger partial charge in [-0.3, -0.25) is 0 Å². The predicted molar refractivity (Wildman–Crippen MR) is 106 cm³/mol. The van der Waals surface area contributed by atoms with Crippen LogP contribution in [0.15, 0.2) is 73.1 Å². The Labute approximate surface area is 159 Å². The lowest BCUT2D eigenvalue weighted by atomic mass is 10.1. The zero-order valence-corrected chi connectivity index (χ0v) is 14.8. The molecule has 0 aliphatic rings. The molecule has 0 bridgehead atoms. The van der Waals surface area contributed by atoms with Crippen molar-refractivity contribution in [1.29, 1.82) is 0 Å². The van der Waals surface area contributed by atoms with Crippen LogP contribution in [-0.4, -0.2) is 24.6 Å². The molecule has 7 heteroatoms. The second-order valence-corrected chi connectivity index (χ2v) is 6.36. The average Bonchev–Trinajstić information content (AvgIpc) is 3.11. The highest BCUT2D eigenvalue weighted by molar-refractivity contribution is 6.34. The summed E-state index contributed by atoms with van der Waals surface area (Å²) in [6.07, 6.45) is 3.42. The van der Waals surface area contributed by atoms with E-state index in [1.165, 1.54) is 0 Å². The molecule has 5 rings (SSSR count). The first-order chi connectivity index (χ1) is 13.3. The van der Waals surface area contributed by atoms with Crippen LogP contribution in [0.2, 0.25) is 5.15 Å². The summed E-state index contributed by atoms with van der Waals surface area (Å²) in [5.41, 5.74) is 2.52. The summed E-state index contributed by atoms with van der Waals surface area (Å²) in [6.45, 7) is 0. The van der Waals surface area contributed by atoms with E-state index in [2.05, 4.69) is 25.4 Å². The van der Waals surface area contributed by atoms with Crippen LogP contribution in [0.1, 0.15) is 0 Å². The van der Waals surface area contributed by atoms with Crippen molar-refractivity contribution in [3.05, 3.63) is 78.2 Å². The Kier molecular flexibility index (Phi) is 3.69. The van der Waals surface area contributed by atoms with Crippen LogP contribution in [0.5, 0.6) is 0 Å². The fraction of sp³-hybridized carbons (Fsp3) is 0. The molecule has 130 valence electrons. The van der Waals surface area contributed by atoms with E-state index in [0.717, 1.165) is 22.0 Å². The lowest BCUT2D eigenvalue weighted by Gasteiger charge is -2.05. The average molecular weight is 373 g/mol. The Bertz CT molecular complexity index is 1270. The SMILES string of the molecule is Clc1nccc2ccc(-c3nccc4nc(Nc5ccccc5)nn34)cc12. The Morgan fingerprint density at radius 2 is 1.74 bits per heavy atom. The smallest absolute Gasteiger partial charge is 0.247 e. The van der Waals surface area contributed by atoms with Crippen LogP contribution >= 0.6 is 11.6 Å². The van der Waals surface area contributed by atoms with Crippen LogP contribution in [0.4, 0.5) is 11.6 Å². The topological polar surface area (TPSA) is 68.0 Å². The first kappa shape index (κ1) is 15.7. The van der Waals surface area contributed by atoms with E-state index in [9.17, 15) is 0 Å². The van der Waals surface area contributed by atoms with Crippen LogP contribution in [0.3, 0.4) is 0 Å². The molecular weight excluding hydrogens is 360 g/mol. The van der Waals surface area contributed by atoms with Gasteiger partial charge >= 0.3 is 0 Å². The van der Waals surface area contributed by atoms with E-state index in [0.29, 0.717) is 22.6 Å². The lowest BCUT2D eigenvalue weighted by molar-refractivity contribution is 0.937. The molecule has 0 spiro atoms. The number of halogens is 1. The molecule has 0 aliphatic heterocycles. The Morgan fingerprint density at radius 1 is 0.889 bits per heavy atom. The minimum absolute atomic E-state index is 0.464. The molecular formula is C20H13ClN6. The van der Waals surface area contributed by atoms with E-state index in [1.54, 1.807) is 16.9 Å². The van der Waals surface area contributed by atoms with Gasteiger partial charge in [0.25, 0.3) is 0 Å². The molecule has 0 saturated carbocycles. The molecule has 0 aliphatic carbocycles. The van der Waals surface area contributed by atoms with Crippen molar-refractivity contribution in [2.75, 3.05) is 5.32 Å². The molecule has 0 atom stereocenters. The molecule has 2 aromatic carbocycles. The van der Waals surface area contributed by atoms with E-state index in [4.69, 9.17) is 11.6 Å². The highest BCUT2D eigenvalue weighted by Gasteiger charge is 2.11. The number of pyridine rings is 1. The minimum Gasteiger partial charge on any atom is -0.323 e. The molecule has 0 radical (unpaired) electrons. The Hall–Kier alpha value is -3.51. The summed E-state index contributed by atoms with van der Waals surface area (Å²) in [5.74, 6) is 1.19. The predicted octanol–water partition coefficient (Wildman–Crippen LogP) is 4.74. The molecule has 0 saturated heterocycles. The molecule has 5 aromatic rings. The van der Waals surface area contributed by atoms with Gasteiger partial charge in [0.05, 0.1) is 0 Å². The Balaban J connectivity index is 1.62. The van der Waals surface area contributed by atoms with E-state index in [-0.39, 0.29) is 0 Å². The number of nitrogens with zero attached hydrogens (tertiary/aromatic N) is 5. The largest absolute Gasteiger partial charge is 0.323 e. The van der Waals surface area contributed by atoms with Crippen molar-refractivity contribution in [3.8, 4) is 11.4 Å². The summed E-state index contributed by atoms with van der Waals surface area (Å²) in [5, 5.41) is 10.1. The number of rotatable bonds is 3. The monoisotopic (exact) mass is 372 g/mol. The van der Waals surface area contributed by atoms with E-state index in [1.807, 2.05) is 60.7 Å². The van der Waals surface area contributed by atoms with Crippen LogP contribution in [0, 0.1) is 0 Å². The Morgan fingerprint density at radius 3 is 2.63 bits per heavy atom. The maximum atomic E-state index is 6.25. The summed E-state index contributed by atoms with van der Waals surface area (Å²) >= 11 is 6.25. The van der Waals surface area contributed by atoms with Crippen LogP contribution in [0.25, 0.3) is 27.8 Å². The van der Waals surface area contributed by atoms with Crippen molar-refractivity contribution < 1.29 is 0 Å². The summed E-state index contributed by atoms with van der Waals surface area (Å²) in [4.78, 5) is 13.2. The normalized spacial score (nSPS) is 11.1. The quantitative estimate of drug-likeness (QED) is 0.463. The van der Waals surface area contributed by atoms with Gasteiger partial charge in [0.2, 0.25) is 5.95 Å².